The van der Waals surface area contributed by atoms with Crippen molar-refractivity contribution in [3.8, 4) is 0 Å². The minimum Gasteiger partial charge on any atom is -0.366 e. The first-order valence-electron chi connectivity index (χ1n) is 9.03. The van der Waals surface area contributed by atoms with Crippen molar-refractivity contribution in [3.05, 3.63) is 71.3 Å². The average Bonchev–Trinajstić information content (AvgIpc) is 2.68. The molecule has 0 N–H and O–H groups in total. The van der Waals surface area contributed by atoms with Gasteiger partial charge in [-0.3, -0.25) is 9.69 Å². The first-order valence-corrected chi connectivity index (χ1v) is 9.03. The molecule has 25 heavy (non-hydrogen) atoms. The van der Waals surface area contributed by atoms with Gasteiger partial charge in [-0.2, -0.15) is 0 Å². The minimum absolute atomic E-state index is 0.132. The fraction of sp³-hybridized carbons (Fsp3) is 0.381. The summed E-state index contributed by atoms with van der Waals surface area (Å²) in [7, 11) is 0. The molecule has 0 bridgehead atoms. The Morgan fingerprint density at radius 1 is 1.00 bits per heavy atom. The Hall–Kier alpha value is -2.17. The number of nitrogens with zero attached hydrogens (tertiary/aromatic N) is 2. The molecule has 1 atom stereocenters. The summed E-state index contributed by atoms with van der Waals surface area (Å²) >= 11 is 0. The van der Waals surface area contributed by atoms with E-state index in [1.54, 1.807) is 0 Å². The predicted octanol–water partition coefficient (Wildman–Crippen LogP) is 2.47. The Labute approximate surface area is 149 Å². The molecule has 2 heterocycles. The van der Waals surface area contributed by atoms with Gasteiger partial charge in [0, 0.05) is 32.7 Å². The first kappa shape index (κ1) is 16.3. The molecule has 2 aliphatic rings. The maximum Gasteiger partial charge on any atom is 0.253 e. The van der Waals surface area contributed by atoms with E-state index in [0.29, 0.717) is 19.7 Å². The molecule has 1 unspecified atom stereocenters. The molecule has 2 aliphatic heterocycles. The van der Waals surface area contributed by atoms with Gasteiger partial charge in [0.25, 0.3) is 5.91 Å². The van der Waals surface area contributed by atoms with Crippen molar-refractivity contribution in [2.24, 2.45) is 0 Å². The van der Waals surface area contributed by atoms with Crippen molar-refractivity contribution in [1.29, 1.82) is 0 Å². The van der Waals surface area contributed by atoms with Gasteiger partial charge < -0.3 is 9.64 Å². The maximum absolute atomic E-state index is 12.9. The van der Waals surface area contributed by atoms with E-state index in [0.717, 1.165) is 26.1 Å². The van der Waals surface area contributed by atoms with Crippen LogP contribution in [-0.2, 0) is 29.0 Å². The number of ether oxygens (including phenoxy) is 1. The van der Waals surface area contributed by atoms with E-state index in [2.05, 4.69) is 47.4 Å². The van der Waals surface area contributed by atoms with E-state index in [9.17, 15) is 4.79 Å². The summed E-state index contributed by atoms with van der Waals surface area (Å²) in [6.45, 7) is 4.53. The Morgan fingerprint density at radius 2 is 1.76 bits per heavy atom. The van der Waals surface area contributed by atoms with Crippen molar-refractivity contribution in [1.82, 2.24) is 9.80 Å². The quantitative estimate of drug-likeness (QED) is 0.863. The molecular weight excluding hydrogens is 312 g/mol. The molecule has 1 amide bonds. The number of benzene rings is 2. The van der Waals surface area contributed by atoms with Gasteiger partial charge in [0.05, 0.1) is 6.61 Å². The molecule has 1 saturated heterocycles. The van der Waals surface area contributed by atoms with Crippen molar-refractivity contribution in [2.45, 2.75) is 25.6 Å². The van der Waals surface area contributed by atoms with E-state index in [1.807, 2.05) is 17.0 Å². The van der Waals surface area contributed by atoms with Gasteiger partial charge in [0.1, 0.15) is 6.10 Å². The second-order valence-electron chi connectivity index (χ2n) is 6.86. The smallest absolute Gasteiger partial charge is 0.253 e. The Morgan fingerprint density at radius 3 is 2.60 bits per heavy atom. The number of fused-ring (bicyclic) bond motifs is 1. The van der Waals surface area contributed by atoms with Gasteiger partial charge in [0.2, 0.25) is 0 Å². The van der Waals surface area contributed by atoms with Gasteiger partial charge in [0.15, 0.2) is 0 Å². The molecule has 0 spiro atoms. The normalized spacial score (nSPS) is 21.0. The summed E-state index contributed by atoms with van der Waals surface area (Å²) in [6.07, 6.45) is 0.588. The second kappa shape index (κ2) is 7.38. The monoisotopic (exact) mass is 336 g/mol. The molecule has 130 valence electrons. The number of hydrogen-bond donors (Lipinski definition) is 0. The second-order valence-corrected chi connectivity index (χ2v) is 6.86. The van der Waals surface area contributed by atoms with Crippen LogP contribution in [0.2, 0.25) is 0 Å². The van der Waals surface area contributed by atoms with Crippen molar-refractivity contribution in [3.63, 3.8) is 0 Å². The van der Waals surface area contributed by atoms with Gasteiger partial charge in [-0.1, -0.05) is 54.6 Å². The summed E-state index contributed by atoms with van der Waals surface area (Å²) in [5.41, 5.74) is 3.91. The van der Waals surface area contributed by atoms with Crippen molar-refractivity contribution >= 4 is 5.91 Å². The van der Waals surface area contributed by atoms with Gasteiger partial charge in [-0.25, -0.2) is 0 Å². The Bertz CT molecular complexity index is 732. The van der Waals surface area contributed by atoms with E-state index in [-0.39, 0.29) is 12.0 Å². The van der Waals surface area contributed by atoms with E-state index in [4.69, 9.17) is 4.74 Å². The van der Waals surface area contributed by atoms with Crippen LogP contribution in [0.5, 0.6) is 0 Å². The highest BCUT2D eigenvalue weighted by Gasteiger charge is 2.31. The number of rotatable bonds is 3. The predicted molar refractivity (Wildman–Crippen MR) is 97.0 cm³/mol. The zero-order valence-electron chi connectivity index (χ0n) is 14.4. The van der Waals surface area contributed by atoms with Crippen LogP contribution < -0.4 is 0 Å². The molecule has 2 aromatic carbocycles. The molecule has 4 rings (SSSR count). The summed E-state index contributed by atoms with van der Waals surface area (Å²) in [5.74, 6) is 0.132. The van der Waals surface area contributed by atoms with Crippen LogP contribution in [0.15, 0.2) is 54.6 Å². The summed E-state index contributed by atoms with van der Waals surface area (Å²) in [4.78, 5) is 17.2. The van der Waals surface area contributed by atoms with E-state index >= 15 is 0 Å². The SMILES string of the molecule is O=C(C1CN(Cc2ccccc2)CCO1)N1CCc2ccccc2C1. The van der Waals surface area contributed by atoms with Crippen molar-refractivity contribution < 1.29 is 9.53 Å². The lowest BCUT2D eigenvalue weighted by Gasteiger charge is -2.36. The Kier molecular flexibility index (Phi) is 4.81. The standard InChI is InChI=1S/C21H24N2O2/c24-21(23-11-10-18-8-4-5-9-19(18)15-23)20-16-22(12-13-25-20)14-17-6-2-1-3-7-17/h1-9,20H,10-16H2. The number of amides is 1. The third kappa shape index (κ3) is 3.75. The molecule has 1 fully saturated rings. The fourth-order valence-electron chi connectivity index (χ4n) is 3.72. The lowest BCUT2D eigenvalue weighted by atomic mass is 9.99. The summed E-state index contributed by atoms with van der Waals surface area (Å²) < 4.78 is 5.82. The molecule has 2 aromatic rings. The molecule has 0 radical (unpaired) electrons. The molecule has 0 aromatic heterocycles. The van der Waals surface area contributed by atoms with Crippen molar-refractivity contribution in [2.75, 3.05) is 26.2 Å². The van der Waals surface area contributed by atoms with Crippen LogP contribution in [0.3, 0.4) is 0 Å². The largest absolute Gasteiger partial charge is 0.366 e. The minimum atomic E-state index is -0.345. The lowest BCUT2D eigenvalue weighted by Crippen LogP contribution is -2.51. The third-order valence-electron chi connectivity index (χ3n) is 5.12. The fourth-order valence-corrected chi connectivity index (χ4v) is 3.72. The number of carbonyl (C=O) groups is 1. The lowest BCUT2D eigenvalue weighted by molar-refractivity contribution is -0.150. The van der Waals surface area contributed by atoms with E-state index in [1.165, 1.54) is 16.7 Å². The number of carbonyl (C=O) groups excluding carboxylic acids is 1. The van der Waals surface area contributed by atoms with Crippen LogP contribution in [0.25, 0.3) is 0 Å². The van der Waals surface area contributed by atoms with Crippen LogP contribution in [0.4, 0.5) is 0 Å². The number of morpholine rings is 1. The van der Waals surface area contributed by atoms with Gasteiger partial charge in [-0.15, -0.1) is 0 Å². The van der Waals surface area contributed by atoms with Crippen LogP contribution >= 0.6 is 0 Å². The molecule has 4 heteroatoms. The van der Waals surface area contributed by atoms with Crippen LogP contribution in [0, 0.1) is 0 Å². The summed E-state index contributed by atoms with van der Waals surface area (Å²) in [6, 6.07) is 18.8. The third-order valence-corrected chi connectivity index (χ3v) is 5.12. The molecule has 0 saturated carbocycles. The highest BCUT2D eigenvalue weighted by Crippen LogP contribution is 2.20. The topological polar surface area (TPSA) is 32.8 Å². The van der Waals surface area contributed by atoms with E-state index < -0.39 is 0 Å². The van der Waals surface area contributed by atoms with Gasteiger partial charge in [-0.05, 0) is 23.1 Å². The zero-order chi connectivity index (χ0) is 17.1. The zero-order valence-corrected chi connectivity index (χ0v) is 14.4. The maximum atomic E-state index is 12.9. The summed E-state index contributed by atoms with van der Waals surface area (Å²) in [5, 5.41) is 0. The van der Waals surface area contributed by atoms with Crippen LogP contribution in [0.1, 0.15) is 16.7 Å². The average molecular weight is 336 g/mol. The van der Waals surface area contributed by atoms with Gasteiger partial charge >= 0.3 is 0 Å². The molecule has 4 nitrogen and oxygen atoms in total. The molecule has 0 aliphatic carbocycles. The number of hydrogen-bond acceptors (Lipinski definition) is 3. The van der Waals surface area contributed by atoms with Crippen LogP contribution in [-0.4, -0.2) is 48.1 Å². The highest BCUT2D eigenvalue weighted by atomic mass is 16.5. The highest BCUT2D eigenvalue weighted by molar-refractivity contribution is 5.81. The molecular formula is C21H24N2O2. The Balaban J connectivity index is 1.39. The first-order chi connectivity index (χ1) is 12.3.